The molecule has 0 bridgehead atoms. The highest BCUT2D eigenvalue weighted by Crippen LogP contribution is 2.32. The molecule has 0 unspecified atom stereocenters. The van der Waals surface area contributed by atoms with E-state index in [1.165, 1.54) is 11.3 Å². The number of hydrogen-bond acceptors (Lipinski definition) is 6. The smallest absolute Gasteiger partial charge is 0.240 e. The van der Waals surface area contributed by atoms with Gasteiger partial charge in [0.25, 0.3) is 0 Å². The molecule has 3 aromatic carbocycles. The fourth-order valence-electron chi connectivity index (χ4n) is 4.77. The van der Waals surface area contributed by atoms with Gasteiger partial charge in [-0.2, -0.15) is 14.7 Å². The first-order valence-corrected chi connectivity index (χ1v) is 15.0. The predicted molar refractivity (Wildman–Crippen MR) is 155 cm³/mol. The number of rotatable bonds is 6. The molecule has 39 heavy (non-hydrogen) atoms. The van der Waals surface area contributed by atoms with Crippen LogP contribution in [0, 0.1) is 11.3 Å². The number of hydrogen-bond donors (Lipinski definition) is 0. The molecule has 0 spiro atoms. The van der Waals surface area contributed by atoms with Crippen LogP contribution < -0.4 is 0 Å². The van der Waals surface area contributed by atoms with Crippen LogP contribution in [0.5, 0.6) is 0 Å². The van der Waals surface area contributed by atoms with Crippen molar-refractivity contribution >= 4 is 43.2 Å². The van der Waals surface area contributed by atoms with Gasteiger partial charge >= 0.3 is 0 Å². The van der Waals surface area contributed by atoms with Crippen molar-refractivity contribution in [1.82, 2.24) is 19.1 Å². The van der Waals surface area contributed by atoms with Crippen LogP contribution >= 0.6 is 11.3 Å². The van der Waals surface area contributed by atoms with E-state index in [1.54, 1.807) is 33.3 Å². The predicted octanol–water partition coefficient (Wildman–Crippen LogP) is 6.39. The van der Waals surface area contributed by atoms with Crippen molar-refractivity contribution in [2.75, 3.05) is 13.1 Å². The Kier molecular flexibility index (Phi) is 6.83. The van der Waals surface area contributed by atoms with Crippen molar-refractivity contribution < 1.29 is 8.42 Å². The molecule has 0 N–H and O–H groups in total. The van der Waals surface area contributed by atoms with Crippen LogP contribution in [0.4, 0.5) is 0 Å². The van der Waals surface area contributed by atoms with Crippen molar-refractivity contribution in [3.05, 3.63) is 95.6 Å². The Bertz CT molecular complexity index is 1790. The van der Waals surface area contributed by atoms with Crippen LogP contribution in [0.3, 0.4) is 0 Å². The van der Waals surface area contributed by atoms with Gasteiger partial charge in [0.15, 0.2) is 0 Å². The summed E-state index contributed by atoms with van der Waals surface area (Å²) in [5.74, 6) is 0. The summed E-state index contributed by atoms with van der Waals surface area (Å²) in [4.78, 5) is 4.91. The van der Waals surface area contributed by atoms with Crippen molar-refractivity contribution in [2.45, 2.75) is 24.2 Å². The lowest BCUT2D eigenvalue weighted by atomic mass is 10.1. The Balaban J connectivity index is 1.47. The third-order valence-electron chi connectivity index (χ3n) is 6.77. The molecule has 1 aliphatic heterocycles. The molecule has 1 saturated heterocycles. The van der Waals surface area contributed by atoms with Crippen molar-refractivity contribution in [3.63, 3.8) is 0 Å². The monoisotopic (exact) mass is 551 g/mol. The molecule has 1 aliphatic rings. The fourth-order valence-corrected chi connectivity index (χ4v) is 7.27. The summed E-state index contributed by atoms with van der Waals surface area (Å²) < 4.78 is 31.2. The molecule has 5 aromatic rings. The molecule has 6 rings (SSSR count). The average Bonchev–Trinajstić information content (AvgIpc) is 3.61. The third kappa shape index (κ3) is 5.02. The molecule has 7 nitrogen and oxygen atoms in total. The zero-order valence-electron chi connectivity index (χ0n) is 21.1. The van der Waals surface area contributed by atoms with Gasteiger partial charge < -0.3 is 0 Å². The van der Waals surface area contributed by atoms with Gasteiger partial charge in [-0.05, 0) is 55.3 Å². The molecule has 0 radical (unpaired) electrons. The number of piperidine rings is 1. The first-order valence-electron chi connectivity index (χ1n) is 12.8. The highest BCUT2D eigenvalue weighted by atomic mass is 32.2. The largest absolute Gasteiger partial charge is 0.243 e. The average molecular weight is 552 g/mol. The number of thiazole rings is 1. The first-order chi connectivity index (χ1) is 19.0. The summed E-state index contributed by atoms with van der Waals surface area (Å²) in [7, 11) is -3.61. The zero-order chi connectivity index (χ0) is 26.8. The van der Waals surface area contributed by atoms with Crippen LogP contribution in [-0.4, -0.2) is 40.6 Å². The normalized spacial score (nSPS) is 14.9. The van der Waals surface area contributed by atoms with Gasteiger partial charge in [0.2, 0.25) is 10.0 Å². The Morgan fingerprint density at radius 1 is 0.949 bits per heavy atom. The topological polar surface area (TPSA) is 91.9 Å². The van der Waals surface area contributed by atoms with E-state index in [-0.39, 0.29) is 4.90 Å². The second-order valence-corrected chi connectivity index (χ2v) is 12.3. The summed E-state index contributed by atoms with van der Waals surface area (Å²) in [6.07, 6.45) is 6.44. The summed E-state index contributed by atoms with van der Waals surface area (Å²) in [6, 6.07) is 26.7. The van der Waals surface area contributed by atoms with Gasteiger partial charge in [-0.3, -0.25) is 0 Å². The number of allylic oxidation sites excluding steroid dienone is 1. The first kappa shape index (κ1) is 25.2. The van der Waals surface area contributed by atoms with E-state index in [9.17, 15) is 13.7 Å². The van der Waals surface area contributed by atoms with Gasteiger partial charge in [-0.25, -0.2) is 18.1 Å². The van der Waals surface area contributed by atoms with Crippen molar-refractivity contribution in [1.29, 1.82) is 5.26 Å². The highest BCUT2D eigenvalue weighted by Gasteiger charge is 2.26. The molecule has 0 atom stereocenters. The number of fused-ring (bicyclic) bond motifs is 1. The zero-order valence-corrected chi connectivity index (χ0v) is 22.7. The SMILES string of the molecule is N#CC(=Cc1cn(-c2ccccc2)nc1-c1cccc(S(=O)(=O)N2CCCCC2)c1)c1nc2ccccc2s1. The molecular weight excluding hydrogens is 526 g/mol. The van der Waals surface area contributed by atoms with Crippen LogP contribution in [0.2, 0.25) is 0 Å². The maximum absolute atomic E-state index is 13.4. The maximum atomic E-state index is 13.4. The molecule has 1 fully saturated rings. The third-order valence-corrected chi connectivity index (χ3v) is 9.73. The Morgan fingerprint density at radius 3 is 2.49 bits per heavy atom. The number of nitrogens with zero attached hydrogens (tertiary/aromatic N) is 5. The van der Waals surface area contributed by atoms with E-state index in [0.29, 0.717) is 40.5 Å². The van der Waals surface area contributed by atoms with E-state index in [0.717, 1.165) is 35.2 Å². The van der Waals surface area contributed by atoms with Gasteiger partial charge in [-0.1, -0.05) is 48.9 Å². The number of benzene rings is 3. The molecule has 3 heterocycles. The van der Waals surface area contributed by atoms with E-state index in [1.807, 2.05) is 66.9 Å². The molecule has 9 heteroatoms. The minimum absolute atomic E-state index is 0.248. The second kappa shape index (κ2) is 10.6. The number of nitriles is 1. The summed E-state index contributed by atoms with van der Waals surface area (Å²) >= 11 is 1.46. The van der Waals surface area contributed by atoms with Crippen molar-refractivity contribution in [2.24, 2.45) is 0 Å². The van der Waals surface area contributed by atoms with Gasteiger partial charge in [-0.15, -0.1) is 11.3 Å². The van der Waals surface area contributed by atoms with E-state index < -0.39 is 10.0 Å². The standard InChI is InChI=1S/C30H25N5O2S2/c31-20-23(30-32-27-14-5-6-15-28(27)38-30)18-24-21-35(25-11-3-1-4-12-25)33-29(24)22-10-9-13-26(19-22)39(36,37)34-16-7-2-8-17-34/h1,3-6,9-15,18-19,21H,2,7-8,16-17H2. The highest BCUT2D eigenvalue weighted by molar-refractivity contribution is 7.89. The summed E-state index contributed by atoms with van der Waals surface area (Å²) in [5, 5.41) is 15.6. The van der Waals surface area contributed by atoms with Crippen LogP contribution in [0.1, 0.15) is 29.8 Å². The lowest BCUT2D eigenvalue weighted by molar-refractivity contribution is 0.346. The molecule has 194 valence electrons. The summed E-state index contributed by atoms with van der Waals surface area (Å²) in [6.45, 7) is 1.08. The Morgan fingerprint density at radius 2 is 1.72 bits per heavy atom. The van der Waals surface area contributed by atoms with E-state index in [4.69, 9.17) is 5.10 Å². The molecule has 0 amide bonds. The summed E-state index contributed by atoms with van der Waals surface area (Å²) in [5.41, 5.74) is 4.06. The minimum Gasteiger partial charge on any atom is -0.240 e. The van der Waals surface area contributed by atoms with Crippen molar-refractivity contribution in [3.8, 4) is 23.0 Å². The molecular formula is C30H25N5O2S2. The quantitative estimate of drug-likeness (QED) is 0.228. The van der Waals surface area contributed by atoms with E-state index >= 15 is 0 Å². The number of aromatic nitrogens is 3. The lowest BCUT2D eigenvalue weighted by Gasteiger charge is -2.26. The Hall–Kier alpha value is -4.10. The van der Waals surface area contributed by atoms with Gasteiger partial charge in [0.05, 0.1) is 26.4 Å². The maximum Gasteiger partial charge on any atom is 0.243 e. The minimum atomic E-state index is -3.61. The van der Waals surface area contributed by atoms with Gasteiger partial charge in [0.1, 0.15) is 16.8 Å². The van der Waals surface area contributed by atoms with Crippen LogP contribution in [0.15, 0.2) is 90.0 Å². The molecule has 2 aromatic heterocycles. The second-order valence-electron chi connectivity index (χ2n) is 9.36. The number of para-hydroxylation sites is 2. The fraction of sp³-hybridized carbons (Fsp3) is 0.167. The molecule has 0 saturated carbocycles. The Labute approximate surface area is 231 Å². The van der Waals surface area contributed by atoms with Gasteiger partial charge in [0, 0.05) is 30.4 Å². The lowest BCUT2D eigenvalue weighted by Crippen LogP contribution is -2.35. The molecule has 0 aliphatic carbocycles. The number of sulfonamides is 1. The van der Waals surface area contributed by atoms with E-state index in [2.05, 4.69) is 11.1 Å². The van der Waals surface area contributed by atoms with Crippen LogP contribution in [0.25, 0.3) is 38.8 Å². The van der Waals surface area contributed by atoms with Crippen LogP contribution in [-0.2, 0) is 10.0 Å².